The quantitative estimate of drug-likeness (QED) is 0.633. The van der Waals surface area contributed by atoms with Gasteiger partial charge in [-0.3, -0.25) is 9.59 Å². The molecule has 0 spiro atoms. The van der Waals surface area contributed by atoms with E-state index in [0.29, 0.717) is 41.8 Å². The predicted molar refractivity (Wildman–Crippen MR) is 99.1 cm³/mol. The van der Waals surface area contributed by atoms with E-state index in [4.69, 9.17) is 0 Å². The van der Waals surface area contributed by atoms with E-state index in [1.807, 2.05) is 13.8 Å². The zero-order chi connectivity index (χ0) is 18.4. The van der Waals surface area contributed by atoms with Crippen molar-refractivity contribution in [2.45, 2.75) is 33.1 Å². The molecule has 5 heteroatoms. The number of carbonyl (C=O) groups excluding carboxylic acids is 2. The van der Waals surface area contributed by atoms with Crippen LogP contribution in [0.25, 0.3) is 0 Å². The lowest BCUT2D eigenvalue weighted by Gasteiger charge is -2.19. The summed E-state index contributed by atoms with van der Waals surface area (Å²) in [5.74, 6) is -0.351. The molecule has 0 saturated heterocycles. The first-order valence-corrected chi connectivity index (χ1v) is 8.20. The summed E-state index contributed by atoms with van der Waals surface area (Å²) in [6.07, 6.45) is 6.84. The molecule has 2 N–H and O–H groups in total. The number of fused-ring (bicyclic) bond motifs is 1. The lowest BCUT2D eigenvalue weighted by molar-refractivity contribution is -0.116. The minimum Gasteiger partial charge on any atom is -0.325 e. The van der Waals surface area contributed by atoms with Crippen molar-refractivity contribution in [3.8, 4) is 6.07 Å². The van der Waals surface area contributed by atoms with Gasteiger partial charge >= 0.3 is 0 Å². The van der Waals surface area contributed by atoms with Gasteiger partial charge in [0, 0.05) is 17.7 Å². The number of nitrogens with zero attached hydrogens (tertiary/aromatic N) is 1. The first-order chi connectivity index (χ1) is 12.0. The van der Waals surface area contributed by atoms with Crippen LogP contribution in [0, 0.1) is 11.3 Å². The van der Waals surface area contributed by atoms with Crippen LogP contribution in [-0.4, -0.2) is 11.8 Å². The second-order valence-electron chi connectivity index (χ2n) is 5.67. The fourth-order valence-electron chi connectivity index (χ4n) is 2.80. The van der Waals surface area contributed by atoms with Crippen molar-refractivity contribution in [3.05, 3.63) is 59.2 Å². The predicted octanol–water partition coefficient (Wildman–Crippen LogP) is 3.85. The molecule has 0 saturated carbocycles. The Morgan fingerprint density at radius 2 is 2.20 bits per heavy atom. The largest absolute Gasteiger partial charge is 0.325 e. The summed E-state index contributed by atoms with van der Waals surface area (Å²) in [4.78, 5) is 24.2. The van der Waals surface area contributed by atoms with E-state index in [1.165, 1.54) is 0 Å². The molecule has 1 aromatic carbocycles. The van der Waals surface area contributed by atoms with E-state index in [0.717, 1.165) is 11.1 Å². The fourth-order valence-corrected chi connectivity index (χ4v) is 2.80. The molecular formula is C20H21N3O2. The maximum Gasteiger partial charge on any atom is 0.255 e. The third-order valence-corrected chi connectivity index (χ3v) is 4.04. The van der Waals surface area contributed by atoms with Crippen LogP contribution in [-0.2, 0) is 16.0 Å². The average molecular weight is 335 g/mol. The Balaban J connectivity index is 2.39. The highest BCUT2D eigenvalue weighted by molar-refractivity contribution is 6.07. The maximum atomic E-state index is 12.7. The molecule has 25 heavy (non-hydrogen) atoms. The van der Waals surface area contributed by atoms with Gasteiger partial charge in [-0.25, -0.2) is 0 Å². The Morgan fingerprint density at radius 3 is 2.80 bits per heavy atom. The number of aryl methyl sites for hydroxylation is 1. The number of amides is 2. The highest BCUT2D eigenvalue weighted by Crippen LogP contribution is 2.30. The summed E-state index contributed by atoms with van der Waals surface area (Å²) in [6, 6.07) is 5.46. The number of nitrogens with one attached hydrogen (secondary N) is 2. The van der Waals surface area contributed by atoms with Crippen LogP contribution in [0.15, 0.2) is 48.1 Å². The second kappa shape index (κ2) is 8.11. The number of carbonyl (C=O) groups is 2. The molecule has 0 atom stereocenters. The molecule has 1 aromatic rings. The van der Waals surface area contributed by atoms with E-state index in [1.54, 1.807) is 30.4 Å². The van der Waals surface area contributed by atoms with Crippen LogP contribution in [0.1, 0.15) is 37.8 Å². The lowest BCUT2D eigenvalue weighted by atomic mass is 9.98. The summed E-state index contributed by atoms with van der Waals surface area (Å²) in [6.45, 7) is 7.57. The maximum absolute atomic E-state index is 12.7. The van der Waals surface area contributed by atoms with Crippen LogP contribution >= 0.6 is 0 Å². The average Bonchev–Trinajstić information content (AvgIpc) is 2.61. The Hall–Kier alpha value is -3.13. The molecule has 0 unspecified atom stereocenters. The van der Waals surface area contributed by atoms with Crippen LogP contribution < -0.4 is 10.6 Å². The van der Waals surface area contributed by atoms with Crippen molar-refractivity contribution in [3.63, 3.8) is 0 Å². The van der Waals surface area contributed by atoms with Crippen molar-refractivity contribution in [1.82, 2.24) is 0 Å². The number of rotatable bonds is 5. The minimum atomic E-state index is -0.251. The molecule has 1 aliphatic heterocycles. The number of hydrogen-bond donors (Lipinski definition) is 2. The number of benzene rings is 1. The molecule has 0 bridgehead atoms. The second-order valence-corrected chi connectivity index (χ2v) is 5.67. The van der Waals surface area contributed by atoms with Gasteiger partial charge in [0.2, 0.25) is 5.91 Å². The van der Waals surface area contributed by atoms with Gasteiger partial charge in [-0.1, -0.05) is 31.7 Å². The van der Waals surface area contributed by atoms with Crippen LogP contribution in [0.4, 0.5) is 11.4 Å². The zero-order valence-corrected chi connectivity index (χ0v) is 14.5. The molecule has 1 heterocycles. The monoisotopic (exact) mass is 335 g/mol. The molecule has 0 aromatic heterocycles. The van der Waals surface area contributed by atoms with Gasteiger partial charge in [-0.15, -0.1) is 0 Å². The van der Waals surface area contributed by atoms with Crippen LogP contribution in [0.3, 0.4) is 0 Å². The van der Waals surface area contributed by atoms with Gasteiger partial charge in [0.25, 0.3) is 5.91 Å². The molecule has 2 rings (SSSR count). The van der Waals surface area contributed by atoms with Crippen molar-refractivity contribution < 1.29 is 9.59 Å². The van der Waals surface area contributed by atoms with Gasteiger partial charge in [0.1, 0.15) is 6.07 Å². The standard InChI is InChI=1S/C20H21N3O2/c1-4-7-17(13(5-2)6-3)20(25)22-16-10-14-8-9-18(24)23-19(14)15(11-16)12-21/h4-5,7,10-11H,2,6,8-9H2,1,3H3,(H,22,25)(H,23,24)/b7-4-,17-13-. The minimum absolute atomic E-state index is 0.0994. The molecule has 0 aliphatic carbocycles. The molecule has 0 radical (unpaired) electrons. The lowest BCUT2D eigenvalue weighted by Crippen LogP contribution is -2.21. The third kappa shape index (κ3) is 4.04. The Labute approximate surface area is 147 Å². The SMILES string of the molecule is C=C/C(CC)=C(\C=C/C)C(=O)Nc1cc(C#N)c2c(c1)CCC(=O)N2. The van der Waals surface area contributed by atoms with E-state index in [9.17, 15) is 14.9 Å². The van der Waals surface area contributed by atoms with E-state index in [-0.39, 0.29) is 11.8 Å². The van der Waals surface area contributed by atoms with E-state index < -0.39 is 0 Å². The van der Waals surface area contributed by atoms with Gasteiger partial charge in [0.15, 0.2) is 0 Å². The highest BCUT2D eigenvalue weighted by Gasteiger charge is 2.20. The highest BCUT2D eigenvalue weighted by atomic mass is 16.2. The van der Waals surface area contributed by atoms with Gasteiger partial charge in [0.05, 0.1) is 11.3 Å². The van der Waals surface area contributed by atoms with Gasteiger partial charge < -0.3 is 10.6 Å². The number of nitriles is 1. The number of hydrogen-bond acceptors (Lipinski definition) is 3. The van der Waals surface area contributed by atoms with Crippen molar-refractivity contribution in [1.29, 1.82) is 5.26 Å². The van der Waals surface area contributed by atoms with Crippen molar-refractivity contribution in [2.24, 2.45) is 0 Å². The summed E-state index contributed by atoms with van der Waals surface area (Å²) >= 11 is 0. The molecule has 0 fully saturated rings. The summed E-state index contributed by atoms with van der Waals surface area (Å²) in [5.41, 5.74) is 3.67. The smallest absolute Gasteiger partial charge is 0.255 e. The molecule has 2 amide bonds. The first kappa shape index (κ1) is 18.2. The Morgan fingerprint density at radius 1 is 1.44 bits per heavy atom. The van der Waals surface area contributed by atoms with Crippen molar-refractivity contribution in [2.75, 3.05) is 10.6 Å². The molecule has 5 nitrogen and oxygen atoms in total. The first-order valence-electron chi connectivity index (χ1n) is 8.20. The van der Waals surface area contributed by atoms with E-state index >= 15 is 0 Å². The molecule has 1 aliphatic rings. The zero-order valence-electron chi connectivity index (χ0n) is 14.5. The van der Waals surface area contributed by atoms with Crippen molar-refractivity contribution >= 4 is 23.2 Å². The topological polar surface area (TPSA) is 82.0 Å². The van der Waals surface area contributed by atoms with E-state index in [2.05, 4.69) is 23.3 Å². The third-order valence-electron chi connectivity index (χ3n) is 4.04. The number of allylic oxidation sites excluding steroid dienone is 3. The molecular weight excluding hydrogens is 314 g/mol. The Bertz CT molecular complexity index is 826. The van der Waals surface area contributed by atoms with Crippen LogP contribution in [0.2, 0.25) is 0 Å². The van der Waals surface area contributed by atoms with Crippen LogP contribution in [0.5, 0.6) is 0 Å². The van der Waals surface area contributed by atoms with Gasteiger partial charge in [-0.2, -0.15) is 5.26 Å². The fraction of sp³-hybridized carbons (Fsp3) is 0.250. The summed E-state index contributed by atoms with van der Waals surface area (Å²) < 4.78 is 0. The Kier molecular flexibility index (Phi) is 5.91. The normalized spacial score (nSPS) is 14.2. The summed E-state index contributed by atoms with van der Waals surface area (Å²) in [7, 11) is 0. The summed E-state index contributed by atoms with van der Waals surface area (Å²) in [5, 5.41) is 14.9. The molecule has 128 valence electrons. The van der Waals surface area contributed by atoms with Gasteiger partial charge in [-0.05, 0) is 43.0 Å². The number of anilines is 2.